The van der Waals surface area contributed by atoms with Gasteiger partial charge in [0.1, 0.15) is 0 Å². The Morgan fingerprint density at radius 3 is 1.83 bits per heavy atom. The fraction of sp³-hybridized carbons (Fsp3) is 0.600. The van der Waals surface area contributed by atoms with Crippen molar-refractivity contribution in [1.29, 1.82) is 0 Å². The van der Waals surface area contributed by atoms with E-state index in [2.05, 4.69) is 10.6 Å². The van der Waals surface area contributed by atoms with Crippen molar-refractivity contribution < 1.29 is 9.59 Å². The second-order valence-corrected chi connectivity index (χ2v) is 6.24. The molecule has 1 unspecified atom stereocenters. The first-order valence-electron chi connectivity index (χ1n) is 9.20. The van der Waals surface area contributed by atoms with Crippen LogP contribution in [0, 0.1) is 11.8 Å². The summed E-state index contributed by atoms with van der Waals surface area (Å²) in [5.41, 5.74) is 1.02. The van der Waals surface area contributed by atoms with Crippen molar-refractivity contribution in [2.45, 2.75) is 59.4 Å². The first-order valence-corrected chi connectivity index (χ1v) is 9.20. The van der Waals surface area contributed by atoms with Gasteiger partial charge in [-0.3, -0.25) is 9.59 Å². The molecule has 2 N–H and O–H groups in total. The van der Waals surface area contributed by atoms with E-state index in [9.17, 15) is 9.59 Å². The highest BCUT2D eigenvalue weighted by atomic mass is 16.2. The summed E-state index contributed by atoms with van der Waals surface area (Å²) in [4.78, 5) is 24.7. The summed E-state index contributed by atoms with van der Waals surface area (Å²) in [6.07, 6.45) is 3.31. The third kappa shape index (κ3) is 5.99. The van der Waals surface area contributed by atoms with E-state index in [0.717, 1.165) is 31.2 Å². The van der Waals surface area contributed by atoms with Crippen LogP contribution in [0.25, 0.3) is 0 Å². The molecular weight excluding hydrogens is 300 g/mol. The SMILES string of the molecule is CCC(CC)C(=O)NCC(NC(=O)C(CC)CC)c1ccccc1. The summed E-state index contributed by atoms with van der Waals surface area (Å²) < 4.78 is 0. The Hall–Kier alpha value is -1.84. The van der Waals surface area contributed by atoms with Gasteiger partial charge >= 0.3 is 0 Å². The molecule has 1 rings (SSSR count). The van der Waals surface area contributed by atoms with Crippen molar-refractivity contribution in [3.05, 3.63) is 35.9 Å². The van der Waals surface area contributed by atoms with Gasteiger partial charge in [0, 0.05) is 18.4 Å². The van der Waals surface area contributed by atoms with Gasteiger partial charge in [-0.15, -0.1) is 0 Å². The zero-order chi connectivity index (χ0) is 17.9. The maximum Gasteiger partial charge on any atom is 0.223 e. The van der Waals surface area contributed by atoms with Gasteiger partial charge < -0.3 is 10.6 Å². The minimum absolute atomic E-state index is 0.0194. The zero-order valence-electron chi connectivity index (χ0n) is 15.5. The molecule has 0 spiro atoms. The second kappa shape index (κ2) is 10.8. The van der Waals surface area contributed by atoms with Crippen LogP contribution in [0.1, 0.15) is 65.0 Å². The van der Waals surface area contributed by atoms with E-state index in [-0.39, 0.29) is 29.7 Å². The summed E-state index contributed by atoms with van der Waals surface area (Å²) in [5.74, 6) is 0.186. The van der Waals surface area contributed by atoms with Crippen LogP contribution in [0.3, 0.4) is 0 Å². The highest BCUT2D eigenvalue weighted by Crippen LogP contribution is 2.16. The van der Waals surface area contributed by atoms with E-state index >= 15 is 0 Å². The lowest BCUT2D eigenvalue weighted by molar-refractivity contribution is -0.127. The van der Waals surface area contributed by atoms with Gasteiger partial charge in [-0.1, -0.05) is 58.0 Å². The normalized spacial score (nSPS) is 12.2. The Morgan fingerprint density at radius 1 is 0.833 bits per heavy atom. The summed E-state index contributed by atoms with van der Waals surface area (Å²) in [5, 5.41) is 6.12. The lowest BCUT2D eigenvalue weighted by Crippen LogP contribution is -2.41. The van der Waals surface area contributed by atoms with Gasteiger partial charge in [0.25, 0.3) is 0 Å². The average molecular weight is 332 g/mol. The molecule has 0 aliphatic heterocycles. The van der Waals surface area contributed by atoms with Crippen LogP contribution >= 0.6 is 0 Å². The predicted molar refractivity (Wildman–Crippen MR) is 98.5 cm³/mol. The molecule has 2 amide bonds. The fourth-order valence-corrected chi connectivity index (χ4v) is 2.89. The van der Waals surface area contributed by atoms with Gasteiger partial charge in [0.05, 0.1) is 6.04 Å². The van der Waals surface area contributed by atoms with Crippen LogP contribution in [0.5, 0.6) is 0 Å². The van der Waals surface area contributed by atoms with Crippen LogP contribution < -0.4 is 10.6 Å². The molecule has 4 heteroatoms. The van der Waals surface area contributed by atoms with Gasteiger partial charge in [0.2, 0.25) is 11.8 Å². The standard InChI is InChI=1S/C20H32N2O2/c1-5-15(6-2)19(23)21-14-18(17-12-10-9-11-13-17)22-20(24)16(7-3)8-4/h9-13,15-16,18H,5-8,14H2,1-4H3,(H,21,23)(H,22,24). The molecule has 0 heterocycles. The Balaban J connectivity index is 2.80. The van der Waals surface area contributed by atoms with Gasteiger partial charge in [-0.05, 0) is 31.2 Å². The van der Waals surface area contributed by atoms with Crippen molar-refractivity contribution in [1.82, 2.24) is 10.6 Å². The van der Waals surface area contributed by atoms with E-state index in [0.29, 0.717) is 6.54 Å². The van der Waals surface area contributed by atoms with Crippen molar-refractivity contribution >= 4 is 11.8 Å². The van der Waals surface area contributed by atoms with Crippen LogP contribution in [0.15, 0.2) is 30.3 Å². The topological polar surface area (TPSA) is 58.2 Å². The molecule has 0 aliphatic rings. The van der Waals surface area contributed by atoms with E-state index in [4.69, 9.17) is 0 Å². The number of hydrogen-bond acceptors (Lipinski definition) is 2. The van der Waals surface area contributed by atoms with Crippen molar-refractivity contribution in [2.75, 3.05) is 6.54 Å². The molecule has 0 saturated heterocycles. The lowest BCUT2D eigenvalue weighted by atomic mass is 10.00. The summed E-state index contributed by atoms with van der Waals surface area (Å²) in [7, 11) is 0. The molecule has 0 radical (unpaired) electrons. The quantitative estimate of drug-likeness (QED) is 0.684. The third-order valence-corrected chi connectivity index (χ3v) is 4.71. The van der Waals surface area contributed by atoms with E-state index in [1.165, 1.54) is 0 Å². The van der Waals surface area contributed by atoms with E-state index < -0.39 is 0 Å². The zero-order valence-corrected chi connectivity index (χ0v) is 15.5. The number of carbonyl (C=O) groups is 2. The molecule has 0 bridgehead atoms. The Morgan fingerprint density at radius 2 is 1.33 bits per heavy atom. The van der Waals surface area contributed by atoms with Crippen LogP contribution in [0.4, 0.5) is 0 Å². The van der Waals surface area contributed by atoms with Crippen molar-refractivity contribution in [2.24, 2.45) is 11.8 Å². The lowest BCUT2D eigenvalue weighted by Gasteiger charge is -2.23. The number of nitrogens with one attached hydrogen (secondary N) is 2. The summed E-state index contributed by atoms with van der Waals surface area (Å²) in [6, 6.07) is 9.63. The largest absolute Gasteiger partial charge is 0.353 e. The monoisotopic (exact) mass is 332 g/mol. The smallest absolute Gasteiger partial charge is 0.223 e. The molecule has 1 aromatic rings. The Kier molecular flexibility index (Phi) is 9.13. The minimum atomic E-state index is -0.197. The Bertz CT molecular complexity index is 494. The molecule has 0 fully saturated rings. The first-order chi connectivity index (χ1) is 11.6. The highest BCUT2D eigenvalue weighted by molar-refractivity contribution is 5.80. The first kappa shape index (κ1) is 20.2. The van der Waals surface area contributed by atoms with Crippen molar-refractivity contribution in [3.63, 3.8) is 0 Å². The molecule has 4 nitrogen and oxygen atoms in total. The number of rotatable bonds is 10. The van der Waals surface area contributed by atoms with Crippen LogP contribution in [0.2, 0.25) is 0 Å². The van der Waals surface area contributed by atoms with Crippen LogP contribution in [-0.2, 0) is 9.59 Å². The van der Waals surface area contributed by atoms with Gasteiger partial charge in [0.15, 0.2) is 0 Å². The van der Waals surface area contributed by atoms with Crippen LogP contribution in [-0.4, -0.2) is 18.4 Å². The number of benzene rings is 1. The Labute approximate surface area is 146 Å². The molecule has 0 aromatic heterocycles. The number of amides is 2. The van der Waals surface area contributed by atoms with Gasteiger partial charge in [-0.2, -0.15) is 0 Å². The number of hydrogen-bond donors (Lipinski definition) is 2. The highest BCUT2D eigenvalue weighted by Gasteiger charge is 2.21. The maximum atomic E-state index is 12.5. The van der Waals surface area contributed by atoms with E-state index in [1.807, 2.05) is 58.0 Å². The second-order valence-electron chi connectivity index (χ2n) is 6.24. The van der Waals surface area contributed by atoms with Crippen molar-refractivity contribution in [3.8, 4) is 0 Å². The predicted octanol–water partition coefficient (Wildman–Crippen LogP) is 3.83. The number of carbonyl (C=O) groups excluding carboxylic acids is 2. The summed E-state index contributed by atoms with van der Waals surface area (Å²) in [6.45, 7) is 8.53. The molecule has 0 saturated carbocycles. The third-order valence-electron chi connectivity index (χ3n) is 4.71. The minimum Gasteiger partial charge on any atom is -0.353 e. The molecule has 1 aromatic carbocycles. The molecular formula is C20H32N2O2. The molecule has 1 atom stereocenters. The molecule has 134 valence electrons. The van der Waals surface area contributed by atoms with Gasteiger partial charge in [-0.25, -0.2) is 0 Å². The fourth-order valence-electron chi connectivity index (χ4n) is 2.89. The maximum absolute atomic E-state index is 12.5. The van der Waals surface area contributed by atoms with E-state index in [1.54, 1.807) is 0 Å². The average Bonchev–Trinajstić information content (AvgIpc) is 2.61. The summed E-state index contributed by atoms with van der Waals surface area (Å²) >= 11 is 0. The molecule has 0 aliphatic carbocycles. The molecule has 24 heavy (non-hydrogen) atoms.